The lowest BCUT2D eigenvalue weighted by Gasteiger charge is -2.30. The highest BCUT2D eigenvalue weighted by Gasteiger charge is 2.23. The fourth-order valence-electron chi connectivity index (χ4n) is 1.98. The van der Waals surface area contributed by atoms with Crippen molar-refractivity contribution in [2.24, 2.45) is 5.41 Å². The molecule has 94 valence electrons. The number of amides is 1. The lowest BCUT2D eigenvalue weighted by Crippen LogP contribution is -2.41. The Balaban J connectivity index is 2.33. The molecule has 0 aromatic rings. The Kier molecular flexibility index (Phi) is 5.26. The molecule has 1 saturated heterocycles. The summed E-state index contributed by atoms with van der Waals surface area (Å²) < 4.78 is 5.24. The standard InChI is InChI=1S/C13H25NO2/c1-4-13(3,5-2)7-6-12(15)14-8-10-16-11-9-14/h4-11H2,1-3H3. The minimum Gasteiger partial charge on any atom is -0.378 e. The first-order valence-electron chi connectivity index (χ1n) is 6.47. The Morgan fingerprint density at radius 3 is 2.31 bits per heavy atom. The molecule has 1 rings (SSSR count). The fourth-order valence-corrected chi connectivity index (χ4v) is 1.98. The van der Waals surface area contributed by atoms with Gasteiger partial charge in [-0.05, 0) is 11.8 Å². The zero-order valence-electron chi connectivity index (χ0n) is 10.9. The molecule has 16 heavy (non-hydrogen) atoms. The van der Waals surface area contributed by atoms with E-state index in [1.807, 2.05) is 4.90 Å². The number of nitrogens with zero attached hydrogens (tertiary/aromatic N) is 1. The summed E-state index contributed by atoms with van der Waals surface area (Å²) in [6, 6.07) is 0. The first kappa shape index (κ1) is 13.5. The van der Waals surface area contributed by atoms with Crippen molar-refractivity contribution >= 4 is 5.91 Å². The van der Waals surface area contributed by atoms with E-state index in [9.17, 15) is 4.79 Å². The van der Waals surface area contributed by atoms with Crippen LogP contribution in [0, 0.1) is 5.41 Å². The molecule has 0 aliphatic carbocycles. The van der Waals surface area contributed by atoms with Gasteiger partial charge in [-0.1, -0.05) is 33.6 Å². The molecule has 0 bridgehead atoms. The zero-order valence-corrected chi connectivity index (χ0v) is 10.9. The topological polar surface area (TPSA) is 29.5 Å². The second kappa shape index (κ2) is 6.24. The minimum absolute atomic E-state index is 0.302. The van der Waals surface area contributed by atoms with Gasteiger partial charge in [0.25, 0.3) is 0 Å². The number of hydrogen-bond acceptors (Lipinski definition) is 2. The van der Waals surface area contributed by atoms with Gasteiger partial charge in [0.2, 0.25) is 5.91 Å². The highest BCUT2D eigenvalue weighted by molar-refractivity contribution is 5.76. The third-order valence-corrected chi connectivity index (χ3v) is 4.01. The van der Waals surface area contributed by atoms with Crippen LogP contribution in [0.5, 0.6) is 0 Å². The van der Waals surface area contributed by atoms with Gasteiger partial charge < -0.3 is 9.64 Å². The molecule has 1 aliphatic rings. The Morgan fingerprint density at radius 1 is 1.25 bits per heavy atom. The summed E-state index contributed by atoms with van der Waals surface area (Å²) in [5, 5.41) is 0. The molecule has 1 amide bonds. The number of carbonyl (C=O) groups is 1. The van der Waals surface area contributed by atoms with Crippen LogP contribution in [0.25, 0.3) is 0 Å². The quantitative estimate of drug-likeness (QED) is 0.722. The molecular formula is C13H25NO2. The van der Waals surface area contributed by atoms with E-state index in [0.717, 1.165) is 32.4 Å². The summed E-state index contributed by atoms with van der Waals surface area (Å²) in [4.78, 5) is 13.9. The maximum absolute atomic E-state index is 11.9. The van der Waals surface area contributed by atoms with E-state index in [0.29, 0.717) is 31.0 Å². The van der Waals surface area contributed by atoms with Gasteiger partial charge >= 0.3 is 0 Å². The van der Waals surface area contributed by atoms with Gasteiger partial charge in [0.05, 0.1) is 13.2 Å². The predicted octanol–water partition coefficient (Wildman–Crippen LogP) is 2.45. The summed E-state index contributed by atoms with van der Waals surface area (Å²) in [5.41, 5.74) is 0.335. The number of hydrogen-bond donors (Lipinski definition) is 0. The molecule has 0 aromatic heterocycles. The summed E-state index contributed by atoms with van der Waals surface area (Å²) in [6.07, 6.45) is 4.01. The molecule has 0 atom stereocenters. The molecule has 0 saturated carbocycles. The summed E-state index contributed by atoms with van der Waals surface area (Å²) >= 11 is 0. The second-order valence-corrected chi connectivity index (χ2v) is 5.01. The highest BCUT2D eigenvalue weighted by Crippen LogP contribution is 2.31. The van der Waals surface area contributed by atoms with E-state index in [2.05, 4.69) is 20.8 Å². The van der Waals surface area contributed by atoms with E-state index < -0.39 is 0 Å². The molecular weight excluding hydrogens is 202 g/mol. The Morgan fingerprint density at radius 2 is 1.81 bits per heavy atom. The van der Waals surface area contributed by atoms with Crippen LogP contribution < -0.4 is 0 Å². The monoisotopic (exact) mass is 227 g/mol. The minimum atomic E-state index is 0.302. The largest absolute Gasteiger partial charge is 0.378 e. The first-order valence-corrected chi connectivity index (χ1v) is 6.47. The van der Waals surface area contributed by atoms with E-state index >= 15 is 0 Å². The average Bonchev–Trinajstić information content (AvgIpc) is 2.36. The molecule has 0 radical (unpaired) electrons. The van der Waals surface area contributed by atoms with Gasteiger partial charge in [0.15, 0.2) is 0 Å². The Hall–Kier alpha value is -0.570. The van der Waals surface area contributed by atoms with E-state index in [1.54, 1.807) is 0 Å². The van der Waals surface area contributed by atoms with Crippen LogP contribution in [0.1, 0.15) is 46.5 Å². The molecule has 0 unspecified atom stereocenters. The third-order valence-electron chi connectivity index (χ3n) is 4.01. The summed E-state index contributed by atoms with van der Waals surface area (Å²) in [6.45, 7) is 9.64. The molecule has 0 N–H and O–H groups in total. The molecule has 0 aromatic carbocycles. The Bertz CT molecular complexity index is 218. The van der Waals surface area contributed by atoms with Crippen molar-refractivity contribution < 1.29 is 9.53 Å². The van der Waals surface area contributed by atoms with Crippen molar-refractivity contribution in [2.75, 3.05) is 26.3 Å². The number of morpholine rings is 1. The zero-order chi connectivity index (χ0) is 12.0. The van der Waals surface area contributed by atoms with Crippen LogP contribution >= 0.6 is 0 Å². The maximum Gasteiger partial charge on any atom is 0.222 e. The van der Waals surface area contributed by atoms with Crippen LogP contribution in [0.2, 0.25) is 0 Å². The van der Waals surface area contributed by atoms with Crippen molar-refractivity contribution in [3.8, 4) is 0 Å². The molecule has 1 fully saturated rings. The maximum atomic E-state index is 11.9. The van der Waals surface area contributed by atoms with Gasteiger partial charge in [-0.15, -0.1) is 0 Å². The lowest BCUT2D eigenvalue weighted by atomic mass is 9.80. The predicted molar refractivity (Wildman–Crippen MR) is 65.3 cm³/mol. The number of rotatable bonds is 5. The van der Waals surface area contributed by atoms with E-state index in [-0.39, 0.29) is 0 Å². The normalized spacial score (nSPS) is 17.6. The molecule has 3 nitrogen and oxygen atoms in total. The fraction of sp³-hybridized carbons (Fsp3) is 0.923. The highest BCUT2D eigenvalue weighted by atomic mass is 16.5. The van der Waals surface area contributed by atoms with E-state index in [4.69, 9.17) is 4.74 Å². The first-order chi connectivity index (χ1) is 7.61. The SMILES string of the molecule is CCC(C)(CC)CCC(=O)N1CCOCC1. The van der Waals surface area contributed by atoms with Gasteiger partial charge in [0, 0.05) is 19.5 Å². The van der Waals surface area contributed by atoms with Crippen molar-refractivity contribution in [3.63, 3.8) is 0 Å². The van der Waals surface area contributed by atoms with Gasteiger partial charge in [0.1, 0.15) is 0 Å². The Labute approximate surface area is 99.1 Å². The van der Waals surface area contributed by atoms with Crippen molar-refractivity contribution in [1.29, 1.82) is 0 Å². The number of carbonyl (C=O) groups excluding carboxylic acids is 1. The van der Waals surface area contributed by atoms with Crippen molar-refractivity contribution in [3.05, 3.63) is 0 Å². The molecule has 1 aliphatic heterocycles. The van der Waals surface area contributed by atoms with Crippen molar-refractivity contribution in [1.82, 2.24) is 4.90 Å². The molecule has 0 spiro atoms. The van der Waals surface area contributed by atoms with Crippen LogP contribution in [0.15, 0.2) is 0 Å². The van der Waals surface area contributed by atoms with Gasteiger partial charge in [-0.3, -0.25) is 4.79 Å². The van der Waals surface area contributed by atoms with Gasteiger partial charge in [-0.2, -0.15) is 0 Å². The van der Waals surface area contributed by atoms with Gasteiger partial charge in [-0.25, -0.2) is 0 Å². The summed E-state index contributed by atoms with van der Waals surface area (Å²) in [5.74, 6) is 0.302. The van der Waals surface area contributed by atoms with Crippen LogP contribution in [-0.4, -0.2) is 37.1 Å². The lowest BCUT2D eigenvalue weighted by molar-refractivity contribution is -0.135. The second-order valence-electron chi connectivity index (χ2n) is 5.01. The summed E-state index contributed by atoms with van der Waals surface area (Å²) in [7, 11) is 0. The van der Waals surface area contributed by atoms with Crippen molar-refractivity contribution in [2.45, 2.75) is 46.5 Å². The van der Waals surface area contributed by atoms with E-state index in [1.165, 1.54) is 0 Å². The van der Waals surface area contributed by atoms with Crippen LogP contribution in [0.3, 0.4) is 0 Å². The van der Waals surface area contributed by atoms with Crippen LogP contribution in [0.4, 0.5) is 0 Å². The van der Waals surface area contributed by atoms with Crippen LogP contribution in [-0.2, 0) is 9.53 Å². The molecule has 3 heteroatoms. The molecule has 1 heterocycles. The smallest absolute Gasteiger partial charge is 0.222 e. The number of ether oxygens (including phenoxy) is 1. The third kappa shape index (κ3) is 3.78. The average molecular weight is 227 g/mol.